The molecule has 1 aromatic carbocycles. The molecule has 3 nitrogen and oxygen atoms in total. The zero-order chi connectivity index (χ0) is 15.1. The summed E-state index contributed by atoms with van der Waals surface area (Å²) < 4.78 is 7.64. The Morgan fingerprint density at radius 3 is 2.38 bits per heavy atom. The highest BCUT2D eigenvalue weighted by atomic mass is 16.3. The first kappa shape index (κ1) is 13.9. The van der Waals surface area contributed by atoms with Gasteiger partial charge < -0.3 is 4.42 Å². The lowest BCUT2D eigenvalue weighted by molar-refractivity contribution is 0.607. The van der Waals surface area contributed by atoms with Crippen molar-refractivity contribution in [1.82, 2.24) is 9.78 Å². The second-order valence-electron chi connectivity index (χ2n) is 6.31. The van der Waals surface area contributed by atoms with E-state index in [2.05, 4.69) is 51.1 Å². The third-order valence-electron chi connectivity index (χ3n) is 4.03. The van der Waals surface area contributed by atoms with Gasteiger partial charge in [0.05, 0.1) is 12.5 Å². The van der Waals surface area contributed by atoms with E-state index in [1.54, 1.807) is 6.26 Å². The normalized spacial score (nSPS) is 12.0. The Labute approximate surface area is 125 Å². The highest BCUT2D eigenvalue weighted by molar-refractivity contribution is 5.97. The van der Waals surface area contributed by atoms with Crippen molar-refractivity contribution < 1.29 is 4.42 Å². The number of hydrogen-bond donors (Lipinski definition) is 0. The first-order valence-corrected chi connectivity index (χ1v) is 7.52. The van der Waals surface area contributed by atoms with Gasteiger partial charge >= 0.3 is 0 Å². The van der Waals surface area contributed by atoms with Crippen molar-refractivity contribution in [3.8, 4) is 11.1 Å². The van der Waals surface area contributed by atoms with Gasteiger partial charge in [-0.15, -0.1) is 0 Å². The fourth-order valence-electron chi connectivity index (χ4n) is 2.95. The van der Waals surface area contributed by atoms with Gasteiger partial charge in [-0.3, -0.25) is 4.68 Å². The summed E-state index contributed by atoms with van der Waals surface area (Å²) >= 11 is 0. The lowest BCUT2D eigenvalue weighted by Gasteiger charge is -2.17. The predicted molar refractivity (Wildman–Crippen MR) is 86.6 cm³/mol. The van der Waals surface area contributed by atoms with Crippen molar-refractivity contribution in [2.75, 3.05) is 0 Å². The van der Waals surface area contributed by atoms with Gasteiger partial charge in [0.1, 0.15) is 5.58 Å². The molecule has 0 saturated heterocycles. The van der Waals surface area contributed by atoms with Crippen LogP contribution in [0.5, 0.6) is 0 Å². The number of nitrogens with zero attached hydrogens (tertiary/aromatic N) is 2. The van der Waals surface area contributed by atoms with Gasteiger partial charge in [-0.05, 0) is 34.6 Å². The Bertz CT molecular complexity index is 778. The van der Waals surface area contributed by atoms with Crippen molar-refractivity contribution in [2.24, 2.45) is 7.05 Å². The van der Waals surface area contributed by atoms with E-state index in [4.69, 9.17) is 4.42 Å². The molecular weight excluding hydrogens is 260 g/mol. The van der Waals surface area contributed by atoms with Crippen LogP contribution in [0.2, 0.25) is 0 Å². The first-order chi connectivity index (χ1) is 9.99. The molecule has 0 aliphatic carbocycles. The standard InChI is InChI=1S/C18H22N2O/c1-11(2)15-8-16(12(3)4)18-14(6-7-21-18)17(15)13-9-19-20(5)10-13/h6-12H,1-5H3. The molecule has 3 aromatic rings. The van der Waals surface area contributed by atoms with Crippen LogP contribution in [-0.2, 0) is 7.05 Å². The molecule has 0 radical (unpaired) electrons. The number of furan rings is 1. The van der Waals surface area contributed by atoms with Crippen LogP contribution in [0.25, 0.3) is 22.1 Å². The van der Waals surface area contributed by atoms with E-state index in [1.807, 2.05) is 17.9 Å². The quantitative estimate of drug-likeness (QED) is 0.670. The maximum atomic E-state index is 5.79. The minimum absolute atomic E-state index is 0.444. The Morgan fingerprint density at radius 2 is 1.81 bits per heavy atom. The van der Waals surface area contributed by atoms with Crippen LogP contribution in [-0.4, -0.2) is 9.78 Å². The number of aryl methyl sites for hydroxylation is 1. The number of rotatable bonds is 3. The first-order valence-electron chi connectivity index (χ1n) is 7.52. The van der Waals surface area contributed by atoms with Gasteiger partial charge in [0, 0.05) is 24.2 Å². The highest BCUT2D eigenvalue weighted by Gasteiger charge is 2.20. The molecule has 2 aromatic heterocycles. The third kappa shape index (κ3) is 2.27. The van der Waals surface area contributed by atoms with Gasteiger partial charge in [-0.25, -0.2) is 0 Å². The Kier molecular flexibility index (Phi) is 3.36. The monoisotopic (exact) mass is 282 g/mol. The predicted octanol–water partition coefficient (Wildman–Crippen LogP) is 5.08. The minimum atomic E-state index is 0.444. The van der Waals surface area contributed by atoms with E-state index >= 15 is 0 Å². The van der Waals surface area contributed by atoms with Crippen LogP contribution >= 0.6 is 0 Å². The zero-order valence-electron chi connectivity index (χ0n) is 13.3. The lowest BCUT2D eigenvalue weighted by Crippen LogP contribution is -1.98. The van der Waals surface area contributed by atoms with Gasteiger partial charge in [-0.1, -0.05) is 33.8 Å². The molecule has 0 saturated carbocycles. The topological polar surface area (TPSA) is 31.0 Å². The van der Waals surface area contributed by atoms with Gasteiger partial charge in [0.15, 0.2) is 0 Å². The van der Waals surface area contributed by atoms with Gasteiger partial charge in [-0.2, -0.15) is 5.10 Å². The molecule has 0 N–H and O–H groups in total. The van der Waals surface area contributed by atoms with Crippen molar-refractivity contribution in [1.29, 1.82) is 0 Å². The molecule has 21 heavy (non-hydrogen) atoms. The molecule has 2 heterocycles. The molecule has 3 rings (SSSR count). The van der Waals surface area contributed by atoms with Crippen LogP contribution in [0, 0.1) is 0 Å². The highest BCUT2D eigenvalue weighted by Crippen LogP contribution is 2.40. The molecule has 0 aliphatic rings. The average Bonchev–Trinajstić information content (AvgIpc) is 3.04. The van der Waals surface area contributed by atoms with Crippen molar-refractivity contribution in [3.05, 3.63) is 41.9 Å². The van der Waals surface area contributed by atoms with Crippen LogP contribution in [0.4, 0.5) is 0 Å². The minimum Gasteiger partial charge on any atom is -0.464 e. The maximum Gasteiger partial charge on any atom is 0.137 e. The number of aromatic nitrogens is 2. The van der Waals surface area contributed by atoms with E-state index in [9.17, 15) is 0 Å². The summed E-state index contributed by atoms with van der Waals surface area (Å²) in [5, 5.41) is 5.52. The molecule has 0 spiro atoms. The van der Waals surface area contributed by atoms with E-state index in [1.165, 1.54) is 22.1 Å². The molecule has 0 atom stereocenters. The van der Waals surface area contributed by atoms with Crippen LogP contribution in [0.3, 0.4) is 0 Å². The van der Waals surface area contributed by atoms with E-state index in [0.717, 1.165) is 11.1 Å². The fraction of sp³-hybridized carbons (Fsp3) is 0.389. The summed E-state index contributed by atoms with van der Waals surface area (Å²) in [7, 11) is 1.95. The second kappa shape index (κ2) is 5.06. The lowest BCUT2D eigenvalue weighted by atomic mass is 9.87. The molecule has 0 aliphatic heterocycles. The van der Waals surface area contributed by atoms with Gasteiger partial charge in [0.2, 0.25) is 0 Å². The Balaban J connectivity index is 2.39. The molecule has 0 amide bonds. The molecule has 0 unspecified atom stereocenters. The fourth-order valence-corrected chi connectivity index (χ4v) is 2.95. The summed E-state index contributed by atoms with van der Waals surface area (Å²) in [4.78, 5) is 0. The summed E-state index contributed by atoms with van der Waals surface area (Å²) in [6.45, 7) is 8.91. The van der Waals surface area contributed by atoms with Crippen molar-refractivity contribution in [3.63, 3.8) is 0 Å². The Hall–Kier alpha value is -2.03. The molecule has 0 fully saturated rings. The van der Waals surface area contributed by atoms with Gasteiger partial charge in [0.25, 0.3) is 0 Å². The second-order valence-corrected chi connectivity index (χ2v) is 6.31. The summed E-state index contributed by atoms with van der Waals surface area (Å²) in [6.07, 6.45) is 5.80. The SMILES string of the molecule is CC(C)c1cc(C(C)C)c2occc2c1-c1cnn(C)c1. The summed E-state index contributed by atoms with van der Waals surface area (Å²) in [5.41, 5.74) is 6.06. The van der Waals surface area contributed by atoms with Crippen LogP contribution < -0.4 is 0 Å². The molecule has 0 bridgehead atoms. The van der Waals surface area contributed by atoms with Crippen LogP contribution in [0.15, 0.2) is 35.2 Å². The maximum absolute atomic E-state index is 5.79. The Morgan fingerprint density at radius 1 is 1.10 bits per heavy atom. The summed E-state index contributed by atoms with van der Waals surface area (Å²) in [6, 6.07) is 4.39. The number of hydrogen-bond acceptors (Lipinski definition) is 2. The van der Waals surface area contributed by atoms with Crippen molar-refractivity contribution in [2.45, 2.75) is 39.5 Å². The van der Waals surface area contributed by atoms with E-state index in [0.29, 0.717) is 11.8 Å². The molecule has 110 valence electrons. The molecular formula is C18H22N2O. The zero-order valence-corrected chi connectivity index (χ0v) is 13.3. The average molecular weight is 282 g/mol. The number of fused-ring (bicyclic) bond motifs is 1. The molecule has 3 heteroatoms. The van der Waals surface area contributed by atoms with E-state index < -0.39 is 0 Å². The smallest absolute Gasteiger partial charge is 0.137 e. The summed E-state index contributed by atoms with van der Waals surface area (Å²) in [5.74, 6) is 0.899. The van der Waals surface area contributed by atoms with E-state index in [-0.39, 0.29) is 0 Å². The van der Waals surface area contributed by atoms with Crippen LogP contribution in [0.1, 0.15) is 50.7 Å². The largest absolute Gasteiger partial charge is 0.464 e. The van der Waals surface area contributed by atoms with Crippen molar-refractivity contribution >= 4 is 11.0 Å². The number of benzene rings is 1. The third-order valence-corrected chi connectivity index (χ3v) is 4.03.